The van der Waals surface area contributed by atoms with E-state index < -0.39 is 0 Å². The van der Waals surface area contributed by atoms with Crippen molar-refractivity contribution in [2.75, 3.05) is 58.9 Å². The second-order valence-corrected chi connectivity index (χ2v) is 5.71. The van der Waals surface area contributed by atoms with Crippen molar-refractivity contribution >= 4 is 5.91 Å². The van der Waals surface area contributed by atoms with Crippen molar-refractivity contribution in [1.82, 2.24) is 20.4 Å². The number of hydrogen-bond donors (Lipinski definition) is 2. The molecule has 110 valence electrons. The van der Waals surface area contributed by atoms with Crippen molar-refractivity contribution < 1.29 is 4.79 Å². The molecule has 0 spiro atoms. The van der Waals surface area contributed by atoms with Gasteiger partial charge in [-0.05, 0) is 38.4 Å². The minimum absolute atomic E-state index is 0.194. The molecule has 0 radical (unpaired) electrons. The zero-order valence-electron chi connectivity index (χ0n) is 12.2. The van der Waals surface area contributed by atoms with Crippen molar-refractivity contribution in [3.8, 4) is 0 Å². The molecule has 2 fully saturated rings. The van der Waals surface area contributed by atoms with Crippen LogP contribution in [0, 0.1) is 5.92 Å². The van der Waals surface area contributed by atoms with Crippen LogP contribution < -0.4 is 10.6 Å². The van der Waals surface area contributed by atoms with E-state index in [9.17, 15) is 4.79 Å². The highest BCUT2D eigenvalue weighted by molar-refractivity contribution is 5.78. The molecule has 0 aromatic heterocycles. The van der Waals surface area contributed by atoms with Crippen LogP contribution in [-0.4, -0.2) is 74.6 Å². The third-order valence-electron chi connectivity index (χ3n) is 4.32. The molecule has 19 heavy (non-hydrogen) atoms. The monoisotopic (exact) mass is 268 g/mol. The normalized spacial score (nSPS) is 23.4. The maximum absolute atomic E-state index is 11.9. The summed E-state index contributed by atoms with van der Waals surface area (Å²) in [7, 11) is 0. The number of carbonyl (C=O) groups is 1. The van der Waals surface area contributed by atoms with E-state index in [-0.39, 0.29) is 5.91 Å². The fourth-order valence-corrected chi connectivity index (χ4v) is 2.89. The Morgan fingerprint density at radius 2 is 1.84 bits per heavy atom. The van der Waals surface area contributed by atoms with Gasteiger partial charge in [-0.3, -0.25) is 9.69 Å². The molecule has 5 nitrogen and oxygen atoms in total. The molecule has 2 aliphatic rings. The van der Waals surface area contributed by atoms with Crippen LogP contribution in [0.15, 0.2) is 0 Å². The molecule has 0 atom stereocenters. The zero-order valence-corrected chi connectivity index (χ0v) is 12.2. The summed E-state index contributed by atoms with van der Waals surface area (Å²) in [5.74, 6) is 0.870. The van der Waals surface area contributed by atoms with Crippen LogP contribution in [0.5, 0.6) is 0 Å². The maximum Gasteiger partial charge on any atom is 0.234 e. The van der Waals surface area contributed by atoms with Gasteiger partial charge >= 0.3 is 0 Å². The number of nitrogens with one attached hydrogen (secondary N) is 2. The van der Waals surface area contributed by atoms with Gasteiger partial charge in [-0.2, -0.15) is 0 Å². The summed E-state index contributed by atoms with van der Waals surface area (Å²) >= 11 is 0. The zero-order chi connectivity index (χ0) is 13.5. The van der Waals surface area contributed by atoms with E-state index in [2.05, 4.69) is 27.4 Å². The summed E-state index contributed by atoms with van der Waals surface area (Å²) in [6.07, 6.45) is 2.45. The summed E-state index contributed by atoms with van der Waals surface area (Å²) in [6, 6.07) is 0. The second kappa shape index (κ2) is 7.82. The number of piperazine rings is 1. The lowest BCUT2D eigenvalue weighted by atomic mass is 9.97. The van der Waals surface area contributed by atoms with Crippen LogP contribution in [0.1, 0.15) is 19.8 Å². The minimum atomic E-state index is 0.194. The lowest BCUT2D eigenvalue weighted by Gasteiger charge is -2.31. The summed E-state index contributed by atoms with van der Waals surface area (Å²) in [4.78, 5) is 16.6. The van der Waals surface area contributed by atoms with Crippen LogP contribution in [0.25, 0.3) is 0 Å². The van der Waals surface area contributed by atoms with Crippen LogP contribution in [-0.2, 0) is 4.79 Å². The van der Waals surface area contributed by atoms with E-state index in [0.29, 0.717) is 12.5 Å². The number of piperidine rings is 1. The van der Waals surface area contributed by atoms with Gasteiger partial charge in [-0.1, -0.05) is 6.92 Å². The van der Waals surface area contributed by atoms with Gasteiger partial charge in [-0.15, -0.1) is 0 Å². The summed E-state index contributed by atoms with van der Waals surface area (Å²) < 4.78 is 0. The first-order chi connectivity index (χ1) is 9.28. The Labute approximate surface area is 116 Å². The van der Waals surface area contributed by atoms with Gasteiger partial charge in [-0.25, -0.2) is 0 Å². The third-order valence-corrected chi connectivity index (χ3v) is 4.32. The molecule has 0 aromatic carbocycles. The highest BCUT2D eigenvalue weighted by atomic mass is 16.2. The van der Waals surface area contributed by atoms with Crippen molar-refractivity contribution in [2.24, 2.45) is 5.92 Å². The van der Waals surface area contributed by atoms with Crippen LogP contribution in [0.3, 0.4) is 0 Å². The molecule has 0 saturated carbocycles. The van der Waals surface area contributed by atoms with Crippen molar-refractivity contribution in [1.29, 1.82) is 0 Å². The molecule has 1 amide bonds. The second-order valence-electron chi connectivity index (χ2n) is 5.71. The molecule has 2 N–H and O–H groups in total. The molecule has 2 rings (SSSR count). The number of likely N-dealkylation sites (tertiary alicyclic amines) is 1. The van der Waals surface area contributed by atoms with Gasteiger partial charge in [0.1, 0.15) is 0 Å². The first-order valence-corrected chi connectivity index (χ1v) is 7.70. The van der Waals surface area contributed by atoms with E-state index in [0.717, 1.165) is 39.3 Å². The lowest BCUT2D eigenvalue weighted by molar-refractivity contribution is -0.122. The quantitative estimate of drug-likeness (QED) is 0.721. The summed E-state index contributed by atoms with van der Waals surface area (Å²) in [6.45, 7) is 11.2. The van der Waals surface area contributed by atoms with E-state index in [1.807, 2.05) is 0 Å². The Hall–Kier alpha value is -0.650. The third kappa shape index (κ3) is 5.09. The first-order valence-electron chi connectivity index (χ1n) is 7.70. The largest absolute Gasteiger partial charge is 0.355 e. The molecule has 0 bridgehead atoms. The average molecular weight is 268 g/mol. The predicted octanol–water partition coefficient (Wildman–Crippen LogP) is -0.260. The van der Waals surface area contributed by atoms with Gasteiger partial charge in [0.2, 0.25) is 5.91 Å². The van der Waals surface area contributed by atoms with Crippen molar-refractivity contribution in [2.45, 2.75) is 19.8 Å². The Morgan fingerprint density at radius 1 is 1.16 bits per heavy atom. The number of hydrogen-bond acceptors (Lipinski definition) is 4. The lowest BCUT2D eigenvalue weighted by Crippen LogP contribution is -2.48. The minimum Gasteiger partial charge on any atom is -0.355 e. The van der Waals surface area contributed by atoms with Crippen molar-refractivity contribution in [3.63, 3.8) is 0 Å². The maximum atomic E-state index is 11.9. The van der Waals surface area contributed by atoms with Gasteiger partial charge < -0.3 is 15.5 Å². The Balaban J connectivity index is 1.58. The number of nitrogens with zero attached hydrogens (tertiary/aromatic N) is 2. The highest BCUT2D eigenvalue weighted by Crippen LogP contribution is 2.15. The first kappa shape index (κ1) is 14.8. The van der Waals surface area contributed by atoms with Gasteiger partial charge in [0.15, 0.2) is 0 Å². The van der Waals surface area contributed by atoms with E-state index in [1.54, 1.807) is 0 Å². The SMILES string of the molecule is CCN1CCC(CNC(=O)CN2CCNCC2)CC1. The van der Waals surface area contributed by atoms with Gasteiger partial charge in [0.25, 0.3) is 0 Å². The fraction of sp³-hybridized carbons (Fsp3) is 0.929. The molecular weight excluding hydrogens is 240 g/mol. The van der Waals surface area contributed by atoms with E-state index >= 15 is 0 Å². The van der Waals surface area contributed by atoms with Gasteiger partial charge in [0, 0.05) is 32.7 Å². The molecule has 0 unspecified atom stereocenters. The topological polar surface area (TPSA) is 47.6 Å². The predicted molar refractivity (Wildman–Crippen MR) is 77.2 cm³/mol. The van der Waals surface area contributed by atoms with Crippen molar-refractivity contribution in [3.05, 3.63) is 0 Å². The Bertz CT molecular complexity index is 271. The highest BCUT2D eigenvalue weighted by Gasteiger charge is 2.19. The smallest absolute Gasteiger partial charge is 0.234 e. The molecule has 2 aliphatic heterocycles. The van der Waals surface area contributed by atoms with Gasteiger partial charge in [0.05, 0.1) is 6.54 Å². The molecule has 2 heterocycles. The van der Waals surface area contributed by atoms with Crippen LogP contribution in [0.4, 0.5) is 0 Å². The molecule has 0 aromatic rings. The van der Waals surface area contributed by atoms with Crippen LogP contribution in [0.2, 0.25) is 0 Å². The molecule has 0 aliphatic carbocycles. The summed E-state index contributed by atoms with van der Waals surface area (Å²) in [5.41, 5.74) is 0. The summed E-state index contributed by atoms with van der Waals surface area (Å²) in [5, 5.41) is 6.42. The molecule has 5 heteroatoms. The number of rotatable bonds is 5. The Kier molecular flexibility index (Phi) is 6.07. The number of amides is 1. The molecular formula is C14H28N4O. The standard InChI is InChI=1S/C14H28N4O/c1-2-17-7-3-13(4-8-17)11-16-14(19)12-18-9-5-15-6-10-18/h13,15H,2-12H2,1H3,(H,16,19). The average Bonchev–Trinajstić information content (AvgIpc) is 2.47. The Morgan fingerprint density at radius 3 is 2.47 bits per heavy atom. The molecule has 2 saturated heterocycles. The number of carbonyl (C=O) groups excluding carboxylic acids is 1. The van der Waals surface area contributed by atoms with E-state index in [4.69, 9.17) is 0 Å². The van der Waals surface area contributed by atoms with Crippen LogP contribution >= 0.6 is 0 Å². The van der Waals surface area contributed by atoms with E-state index in [1.165, 1.54) is 25.9 Å². The fourth-order valence-electron chi connectivity index (χ4n) is 2.89.